The summed E-state index contributed by atoms with van der Waals surface area (Å²) in [6.07, 6.45) is -0.0236. The van der Waals surface area contributed by atoms with Crippen molar-refractivity contribution in [1.82, 2.24) is 5.32 Å². The van der Waals surface area contributed by atoms with Gasteiger partial charge in [0.05, 0.1) is 12.1 Å². The number of anilines is 1. The van der Waals surface area contributed by atoms with Gasteiger partial charge in [0.15, 0.2) is 0 Å². The maximum Gasteiger partial charge on any atom is 0.252 e. The van der Waals surface area contributed by atoms with Crippen molar-refractivity contribution in [2.45, 2.75) is 25.5 Å². The number of aryl methyl sites for hydroxylation is 1. The Balaban J connectivity index is 1.87. The van der Waals surface area contributed by atoms with Crippen LogP contribution >= 0.6 is 0 Å². The van der Waals surface area contributed by atoms with Crippen LogP contribution in [0.15, 0.2) is 42.5 Å². The van der Waals surface area contributed by atoms with Crippen LogP contribution in [0.2, 0.25) is 0 Å². The molecule has 0 saturated carbocycles. The molecule has 0 spiro atoms. The number of benzene rings is 2. The molecule has 0 aromatic heterocycles. The zero-order valence-electron chi connectivity index (χ0n) is 11.8. The van der Waals surface area contributed by atoms with Crippen LogP contribution in [0.4, 0.5) is 5.69 Å². The molecule has 21 heavy (non-hydrogen) atoms. The summed E-state index contributed by atoms with van der Waals surface area (Å²) in [5.41, 5.74) is 9.78. The van der Waals surface area contributed by atoms with E-state index in [1.807, 2.05) is 37.3 Å². The van der Waals surface area contributed by atoms with Gasteiger partial charge in [-0.15, -0.1) is 0 Å². The van der Waals surface area contributed by atoms with Crippen LogP contribution in [0.5, 0.6) is 0 Å². The van der Waals surface area contributed by atoms with E-state index in [-0.39, 0.29) is 11.9 Å². The van der Waals surface area contributed by atoms with E-state index in [0.29, 0.717) is 17.7 Å². The van der Waals surface area contributed by atoms with E-state index in [2.05, 4.69) is 5.32 Å². The van der Waals surface area contributed by atoms with E-state index in [4.69, 9.17) is 5.73 Å². The lowest BCUT2D eigenvalue weighted by molar-refractivity contribution is 0.0857. The summed E-state index contributed by atoms with van der Waals surface area (Å²) in [5, 5.41) is 13.1. The fourth-order valence-corrected chi connectivity index (χ4v) is 2.85. The van der Waals surface area contributed by atoms with E-state index < -0.39 is 6.10 Å². The van der Waals surface area contributed by atoms with Gasteiger partial charge in [0.25, 0.3) is 5.91 Å². The Kier molecular flexibility index (Phi) is 3.39. The molecule has 0 saturated heterocycles. The number of fused-ring (bicyclic) bond motifs is 1. The topological polar surface area (TPSA) is 75.4 Å². The maximum atomic E-state index is 12.5. The summed E-state index contributed by atoms with van der Waals surface area (Å²) in [5.74, 6) is -0.208. The van der Waals surface area contributed by atoms with Gasteiger partial charge in [-0.1, -0.05) is 30.3 Å². The summed E-state index contributed by atoms with van der Waals surface area (Å²) < 4.78 is 0. The van der Waals surface area contributed by atoms with Crippen LogP contribution in [0.3, 0.4) is 0 Å². The highest BCUT2D eigenvalue weighted by Crippen LogP contribution is 2.31. The van der Waals surface area contributed by atoms with E-state index >= 15 is 0 Å². The Morgan fingerprint density at radius 3 is 2.86 bits per heavy atom. The first-order valence-corrected chi connectivity index (χ1v) is 6.99. The van der Waals surface area contributed by atoms with Gasteiger partial charge in [-0.2, -0.15) is 0 Å². The number of rotatable bonds is 2. The molecule has 2 aromatic rings. The third kappa shape index (κ3) is 2.50. The number of hydrogen-bond donors (Lipinski definition) is 3. The minimum absolute atomic E-state index is 0.208. The van der Waals surface area contributed by atoms with Gasteiger partial charge in [0, 0.05) is 17.7 Å². The second kappa shape index (κ2) is 5.22. The van der Waals surface area contributed by atoms with Gasteiger partial charge >= 0.3 is 0 Å². The number of carbonyl (C=O) groups excluding carboxylic acids is 1. The number of aliphatic hydroxyl groups is 1. The van der Waals surface area contributed by atoms with E-state index in [0.717, 1.165) is 16.7 Å². The zero-order valence-corrected chi connectivity index (χ0v) is 11.8. The van der Waals surface area contributed by atoms with Gasteiger partial charge in [-0.25, -0.2) is 0 Å². The van der Waals surface area contributed by atoms with E-state index in [9.17, 15) is 9.90 Å². The van der Waals surface area contributed by atoms with E-state index in [1.54, 1.807) is 12.1 Å². The first-order valence-electron chi connectivity index (χ1n) is 6.99. The third-order valence-corrected chi connectivity index (χ3v) is 4.00. The van der Waals surface area contributed by atoms with Crippen molar-refractivity contribution in [3.8, 4) is 0 Å². The summed E-state index contributed by atoms with van der Waals surface area (Å²) in [6, 6.07) is 12.7. The monoisotopic (exact) mass is 282 g/mol. The summed E-state index contributed by atoms with van der Waals surface area (Å²) in [4.78, 5) is 12.5. The average molecular weight is 282 g/mol. The van der Waals surface area contributed by atoms with E-state index in [1.165, 1.54) is 0 Å². The van der Waals surface area contributed by atoms with Crippen LogP contribution in [0, 0.1) is 6.92 Å². The number of nitrogens with two attached hydrogens (primary N) is 1. The van der Waals surface area contributed by atoms with Gasteiger partial charge in [-0.3, -0.25) is 4.79 Å². The molecular formula is C17H18N2O2. The molecule has 2 atom stereocenters. The molecule has 4 nitrogen and oxygen atoms in total. The van der Waals surface area contributed by atoms with Gasteiger partial charge in [-0.05, 0) is 35.7 Å². The van der Waals surface area contributed by atoms with Crippen molar-refractivity contribution in [2.75, 3.05) is 5.73 Å². The standard InChI is InChI=1S/C17H18N2O2/c1-10-6-7-12(18)9-14(10)17(21)19-16-13-5-3-2-4-11(13)8-15(16)20/h2-7,9,15-16,20H,8,18H2,1H3,(H,19,21)/t15-,16+/m1/s1. The molecule has 0 unspecified atom stereocenters. The first kappa shape index (κ1) is 13.6. The fraction of sp³-hybridized carbons (Fsp3) is 0.235. The highest BCUT2D eigenvalue weighted by Gasteiger charge is 2.32. The third-order valence-electron chi connectivity index (χ3n) is 4.00. The minimum atomic E-state index is -0.590. The number of hydrogen-bond acceptors (Lipinski definition) is 3. The second-order valence-corrected chi connectivity index (χ2v) is 5.50. The lowest BCUT2D eigenvalue weighted by Crippen LogP contribution is -2.34. The van der Waals surface area contributed by atoms with Crippen LogP contribution < -0.4 is 11.1 Å². The Hall–Kier alpha value is -2.33. The highest BCUT2D eigenvalue weighted by atomic mass is 16.3. The Morgan fingerprint density at radius 2 is 2.05 bits per heavy atom. The Labute approximate surface area is 123 Å². The van der Waals surface area contributed by atoms with Crippen LogP contribution in [0.1, 0.15) is 33.1 Å². The van der Waals surface area contributed by atoms with Crippen molar-refractivity contribution in [3.05, 3.63) is 64.7 Å². The number of carbonyl (C=O) groups is 1. The van der Waals surface area contributed by atoms with Gasteiger partial charge in [0.1, 0.15) is 0 Å². The number of aliphatic hydroxyl groups excluding tert-OH is 1. The maximum absolute atomic E-state index is 12.5. The van der Waals surface area contributed by atoms with Gasteiger partial charge in [0.2, 0.25) is 0 Å². The molecule has 0 bridgehead atoms. The van der Waals surface area contributed by atoms with Crippen LogP contribution in [0.25, 0.3) is 0 Å². The lowest BCUT2D eigenvalue weighted by Gasteiger charge is -2.18. The predicted molar refractivity (Wildman–Crippen MR) is 82.0 cm³/mol. The Bertz CT molecular complexity index is 697. The molecule has 1 aliphatic rings. The number of amides is 1. The summed E-state index contributed by atoms with van der Waals surface area (Å²) in [7, 11) is 0. The van der Waals surface area contributed by atoms with Crippen molar-refractivity contribution in [3.63, 3.8) is 0 Å². The second-order valence-electron chi connectivity index (χ2n) is 5.50. The highest BCUT2D eigenvalue weighted by molar-refractivity contribution is 5.96. The van der Waals surface area contributed by atoms with Crippen molar-refractivity contribution in [2.24, 2.45) is 0 Å². The molecule has 0 fully saturated rings. The average Bonchev–Trinajstić information content (AvgIpc) is 2.78. The smallest absolute Gasteiger partial charge is 0.252 e. The zero-order chi connectivity index (χ0) is 15.0. The van der Waals surface area contributed by atoms with Crippen molar-refractivity contribution < 1.29 is 9.90 Å². The minimum Gasteiger partial charge on any atom is -0.399 e. The molecule has 0 radical (unpaired) electrons. The quantitative estimate of drug-likeness (QED) is 0.737. The molecule has 2 aromatic carbocycles. The first-order chi connectivity index (χ1) is 10.1. The molecule has 108 valence electrons. The summed E-state index contributed by atoms with van der Waals surface area (Å²) >= 11 is 0. The normalized spacial score (nSPS) is 20.1. The molecular weight excluding hydrogens is 264 g/mol. The fourth-order valence-electron chi connectivity index (χ4n) is 2.85. The molecule has 3 rings (SSSR count). The largest absolute Gasteiger partial charge is 0.399 e. The summed E-state index contributed by atoms with van der Waals surface area (Å²) in [6.45, 7) is 1.87. The molecule has 4 N–H and O–H groups in total. The van der Waals surface area contributed by atoms with Crippen LogP contribution in [-0.4, -0.2) is 17.1 Å². The van der Waals surface area contributed by atoms with Gasteiger partial charge < -0.3 is 16.2 Å². The number of nitrogens with one attached hydrogen (secondary N) is 1. The van der Waals surface area contributed by atoms with Crippen LogP contribution in [-0.2, 0) is 6.42 Å². The molecule has 0 heterocycles. The Morgan fingerprint density at radius 1 is 1.29 bits per heavy atom. The molecule has 1 amide bonds. The molecule has 0 aliphatic heterocycles. The van der Waals surface area contributed by atoms with Crippen molar-refractivity contribution in [1.29, 1.82) is 0 Å². The molecule has 4 heteroatoms. The SMILES string of the molecule is Cc1ccc(N)cc1C(=O)N[C@H]1c2ccccc2C[C@H]1O. The van der Waals surface area contributed by atoms with Crippen molar-refractivity contribution >= 4 is 11.6 Å². The number of nitrogen functional groups attached to an aromatic ring is 1. The predicted octanol–water partition coefficient (Wildman–Crippen LogP) is 1.97. The lowest BCUT2D eigenvalue weighted by atomic mass is 10.0. The molecule has 1 aliphatic carbocycles.